The van der Waals surface area contributed by atoms with Gasteiger partial charge in [0.2, 0.25) is 0 Å². The second kappa shape index (κ2) is 8.43. The van der Waals surface area contributed by atoms with Crippen LogP contribution in [0.4, 0.5) is 9.18 Å². The minimum absolute atomic E-state index is 0.137. The van der Waals surface area contributed by atoms with Crippen LogP contribution in [0.1, 0.15) is 49.4 Å². The number of nitrogens with zero attached hydrogens (tertiary/aromatic N) is 2. The molecule has 29 heavy (non-hydrogen) atoms. The van der Waals surface area contributed by atoms with E-state index in [0.717, 1.165) is 31.2 Å². The molecule has 2 aromatic carbocycles. The van der Waals surface area contributed by atoms with Gasteiger partial charge in [-0.1, -0.05) is 43.5 Å². The van der Waals surface area contributed by atoms with Crippen LogP contribution in [0.5, 0.6) is 0 Å². The van der Waals surface area contributed by atoms with Crippen LogP contribution >= 0.6 is 0 Å². The first-order valence-corrected chi connectivity index (χ1v) is 9.93. The minimum atomic E-state index is -0.509. The van der Waals surface area contributed by atoms with Crippen molar-refractivity contribution < 1.29 is 9.18 Å². The zero-order valence-corrected chi connectivity index (χ0v) is 16.0. The normalized spacial score (nSPS) is 14.7. The van der Waals surface area contributed by atoms with Gasteiger partial charge in [-0.25, -0.2) is 24.3 Å². The monoisotopic (exact) mass is 394 g/mol. The lowest BCUT2D eigenvalue weighted by Gasteiger charge is -2.24. The largest absolute Gasteiger partial charge is 0.334 e. The van der Waals surface area contributed by atoms with E-state index in [2.05, 4.69) is 10.7 Å². The first kappa shape index (κ1) is 19.1. The van der Waals surface area contributed by atoms with E-state index in [4.69, 9.17) is 4.98 Å². The highest BCUT2D eigenvalue weighted by molar-refractivity contribution is 5.83. The van der Waals surface area contributed by atoms with Gasteiger partial charge in [-0.15, -0.1) is 0 Å². The number of hydrogen-bond acceptors (Lipinski definition) is 3. The zero-order valence-electron chi connectivity index (χ0n) is 16.0. The number of carbonyl (C=O) groups is 1. The van der Waals surface area contributed by atoms with Crippen molar-refractivity contribution >= 4 is 16.9 Å². The molecule has 0 spiro atoms. The molecule has 3 aromatic rings. The van der Waals surface area contributed by atoms with E-state index in [1.807, 2.05) is 12.1 Å². The van der Waals surface area contributed by atoms with Crippen molar-refractivity contribution in [3.05, 3.63) is 76.1 Å². The van der Waals surface area contributed by atoms with Crippen molar-refractivity contribution in [2.24, 2.45) is 0 Å². The summed E-state index contributed by atoms with van der Waals surface area (Å²) in [6.07, 6.45) is 5.25. The molecule has 2 N–H and O–H groups in total. The number of hydrogen-bond donors (Lipinski definition) is 2. The second-order valence-electron chi connectivity index (χ2n) is 7.38. The summed E-state index contributed by atoms with van der Waals surface area (Å²) < 4.78 is 14.3. The molecule has 1 saturated carbocycles. The van der Waals surface area contributed by atoms with E-state index in [-0.39, 0.29) is 23.8 Å². The summed E-state index contributed by atoms with van der Waals surface area (Å²) in [5, 5.41) is 3.18. The topological polar surface area (TPSA) is 76.0 Å². The van der Waals surface area contributed by atoms with E-state index in [1.54, 1.807) is 24.3 Å². The van der Waals surface area contributed by atoms with Crippen LogP contribution in [0.2, 0.25) is 0 Å². The molecule has 0 aliphatic heterocycles. The fourth-order valence-electron chi connectivity index (χ4n) is 3.82. The minimum Gasteiger partial charge on any atom is -0.333 e. The molecule has 0 atom stereocenters. The first-order valence-electron chi connectivity index (χ1n) is 9.93. The molecule has 1 fully saturated rings. The lowest BCUT2D eigenvalue weighted by molar-refractivity contribution is 0.248. The van der Waals surface area contributed by atoms with Gasteiger partial charge < -0.3 is 5.32 Å². The highest BCUT2D eigenvalue weighted by Crippen LogP contribution is 2.31. The fraction of sp³-hybridized carbons (Fsp3) is 0.318. The average molecular weight is 394 g/mol. The molecular weight excluding hydrogens is 371 g/mol. The van der Waals surface area contributed by atoms with Gasteiger partial charge in [0.05, 0.1) is 10.9 Å². The summed E-state index contributed by atoms with van der Waals surface area (Å²) >= 11 is 0. The van der Waals surface area contributed by atoms with Crippen molar-refractivity contribution in [2.45, 2.75) is 44.6 Å². The Labute approximate surface area is 167 Å². The number of para-hydroxylation sites is 1. The molecule has 1 heterocycles. The maximum atomic E-state index is 13.1. The number of halogens is 1. The standard InChI is InChI=1S/C22H23FN4O2/c23-17-12-10-15(11-13-17)14-24-22(29)26-27-20(16-6-2-1-3-7-16)25-19-9-5-4-8-18(19)21(27)28/h4-5,8-13,16H,1-3,6-7,14H2,(H2,24,26,29). The van der Waals surface area contributed by atoms with Crippen molar-refractivity contribution in [3.63, 3.8) is 0 Å². The molecular formula is C22H23FN4O2. The SMILES string of the molecule is O=C(NCc1ccc(F)cc1)Nn1c(C2CCCCC2)nc2ccccc2c1=O. The zero-order chi connectivity index (χ0) is 20.2. The van der Waals surface area contributed by atoms with Crippen molar-refractivity contribution in [3.8, 4) is 0 Å². The summed E-state index contributed by atoms with van der Waals surface area (Å²) in [7, 11) is 0. The third-order valence-corrected chi connectivity index (χ3v) is 5.35. The summed E-state index contributed by atoms with van der Waals surface area (Å²) in [5.74, 6) is 0.410. The number of urea groups is 1. The van der Waals surface area contributed by atoms with Crippen LogP contribution in [0.3, 0.4) is 0 Å². The molecule has 0 unspecified atom stereocenters. The Balaban J connectivity index is 1.60. The van der Waals surface area contributed by atoms with Crippen LogP contribution < -0.4 is 16.3 Å². The van der Waals surface area contributed by atoms with E-state index in [1.165, 1.54) is 23.2 Å². The number of rotatable bonds is 4. The lowest BCUT2D eigenvalue weighted by atomic mass is 9.88. The highest BCUT2D eigenvalue weighted by Gasteiger charge is 2.23. The molecule has 6 nitrogen and oxygen atoms in total. The maximum absolute atomic E-state index is 13.1. The first-order chi connectivity index (χ1) is 14.1. The third kappa shape index (κ3) is 4.29. The molecule has 7 heteroatoms. The van der Waals surface area contributed by atoms with Gasteiger partial charge in [0.1, 0.15) is 11.6 Å². The van der Waals surface area contributed by atoms with E-state index < -0.39 is 6.03 Å². The van der Waals surface area contributed by atoms with Gasteiger partial charge in [0, 0.05) is 12.5 Å². The van der Waals surface area contributed by atoms with Gasteiger partial charge >= 0.3 is 6.03 Å². The Bertz CT molecular complexity index is 1070. The van der Waals surface area contributed by atoms with Crippen LogP contribution in [-0.2, 0) is 6.54 Å². The van der Waals surface area contributed by atoms with E-state index >= 15 is 0 Å². The maximum Gasteiger partial charge on any atom is 0.334 e. The van der Waals surface area contributed by atoms with Crippen molar-refractivity contribution in [2.75, 3.05) is 5.43 Å². The summed E-state index contributed by atoms with van der Waals surface area (Å²) in [4.78, 5) is 30.3. The molecule has 1 aromatic heterocycles. The van der Waals surface area contributed by atoms with Gasteiger partial charge in [-0.3, -0.25) is 4.79 Å². The number of fused-ring (bicyclic) bond motifs is 1. The average Bonchev–Trinajstić information content (AvgIpc) is 2.76. The van der Waals surface area contributed by atoms with Gasteiger partial charge in [-0.2, -0.15) is 0 Å². The van der Waals surface area contributed by atoms with Crippen LogP contribution in [-0.4, -0.2) is 15.7 Å². The molecule has 150 valence electrons. The predicted molar refractivity (Wildman–Crippen MR) is 110 cm³/mol. The molecule has 4 rings (SSSR count). The summed E-state index contributed by atoms with van der Waals surface area (Å²) in [5.41, 5.74) is 3.79. The molecule has 0 saturated heterocycles. The van der Waals surface area contributed by atoms with Gasteiger partial charge in [-0.05, 0) is 42.7 Å². The Kier molecular flexibility index (Phi) is 5.55. The Hall–Kier alpha value is -3.22. The smallest absolute Gasteiger partial charge is 0.333 e. The highest BCUT2D eigenvalue weighted by atomic mass is 19.1. The number of aromatic nitrogens is 2. The predicted octanol–water partition coefficient (Wildman–Crippen LogP) is 4.04. The Morgan fingerprint density at radius 1 is 1.07 bits per heavy atom. The molecule has 0 bridgehead atoms. The number of amides is 2. The quantitative estimate of drug-likeness (QED) is 0.701. The van der Waals surface area contributed by atoms with Crippen molar-refractivity contribution in [1.29, 1.82) is 0 Å². The van der Waals surface area contributed by atoms with E-state index in [0.29, 0.717) is 16.7 Å². The molecule has 1 aliphatic rings. The summed E-state index contributed by atoms with van der Waals surface area (Å²) in [6, 6.07) is 12.6. The molecule has 1 aliphatic carbocycles. The molecule has 2 amide bonds. The fourth-order valence-corrected chi connectivity index (χ4v) is 3.82. The summed E-state index contributed by atoms with van der Waals surface area (Å²) in [6.45, 7) is 0.223. The number of benzene rings is 2. The van der Waals surface area contributed by atoms with Crippen LogP contribution in [0, 0.1) is 5.82 Å². The number of nitrogens with one attached hydrogen (secondary N) is 2. The van der Waals surface area contributed by atoms with Gasteiger partial charge in [0.25, 0.3) is 5.56 Å². The third-order valence-electron chi connectivity index (χ3n) is 5.35. The van der Waals surface area contributed by atoms with Gasteiger partial charge in [0.15, 0.2) is 0 Å². The second-order valence-corrected chi connectivity index (χ2v) is 7.38. The number of carbonyl (C=O) groups excluding carboxylic acids is 1. The lowest BCUT2D eigenvalue weighted by Crippen LogP contribution is -2.42. The van der Waals surface area contributed by atoms with Crippen molar-refractivity contribution in [1.82, 2.24) is 15.0 Å². The van der Waals surface area contributed by atoms with Crippen LogP contribution in [0.15, 0.2) is 53.3 Å². The van der Waals surface area contributed by atoms with Crippen LogP contribution in [0.25, 0.3) is 10.9 Å². The molecule has 0 radical (unpaired) electrons. The Morgan fingerprint density at radius 2 is 1.79 bits per heavy atom. The Morgan fingerprint density at radius 3 is 2.55 bits per heavy atom. The van der Waals surface area contributed by atoms with E-state index in [9.17, 15) is 14.0 Å².